The maximum absolute atomic E-state index is 12.7. The van der Waals surface area contributed by atoms with E-state index >= 15 is 0 Å². The van der Waals surface area contributed by atoms with Crippen LogP contribution in [0.1, 0.15) is 25.3 Å². The van der Waals surface area contributed by atoms with Crippen molar-refractivity contribution in [3.8, 4) is 0 Å². The number of rotatable bonds is 5. The van der Waals surface area contributed by atoms with Gasteiger partial charge in [0, 0.05) is 13.1 Å². The Balaban J connectivity index is 1.72. The number of nitrogens with one attached hydrogen (secondary N) is 1. The molecule has 4 heteroatoms. The maximum atomic E-state index is 12.7. The van der Waals surface area contributed by atoms with Crippen molar-refractivity contribution in [1.29, 1.82) is 0 Å². The molecule has 0 saturated carbocycles. The van der Waals surface area contributed by atoms with Crippen LogP contribution < -0.4 is 5.32 Å². The minimum atomic E-state index is -0.214. The van der Waals surface area contributed by atoms with Crippen molar-refractivity contribution >= 4 is 5.91 Å². The van der Waals surface area contributed by atoms with Gasteiger partial charge in [0.1, 0.15) is 5.82 Å². The second-order valence-corrected chi connectivity index (χ2v) is 5.08. The van der Waals surface area contributed by atoms with Crippen LogP contribution in [0.4, 0.5) is 4.39 Å². The van der Waals surface area contributed by atoms with Gasteiger partial charge >= 0.3 is 0 Å². The standard InChI is InChI=1S/C15H21FN2O/c1-12(15(19)18-10-2-3-11-18)17-9-8-13-4-6-14(16)7-5-13/h4-7,12,17H,2-3,8-11H2,1H3. The third-order valence-corrected chi connectivity index (χ3v) is 3.57. The minimum absolute atomic E-state index is 0.140. The van der Waals surface area contributed by atoms with E-state index in [1.54, 1.807) is 12.1 Å². The smallest absolute Gasteiger partial charge is 0.239 e. The Morgan fingerprint density at radius 2 is 1.95 bits per heavy atom. The van der Waals surface area contributed by atoms with Gasteiger partial charge in [-0.15, -0.1) is 0 Å². The first-order chi connectivity index (χ1) is 9.16. The van der Waals surface area contributed by atoms with Crippen molar-refractivity contribution in [2.24, 2.45) is 0 Å². The largest absolute Gasteiger partial charge is 0.341 e. The first-order valence-corrected chi connectivity index (χ1v) is 6.93. The van der Waals surface area contributed by atoms with Crippen LogP contribution in [-0.2, 0) is 11.2 Å². The number of hydrogen-bond donors (Lipinski definition) is 1. The molecule has 1 aliphatic heterocycles. The highest BCUT2D eigenvalue weighted by atomic mass is 19.1. The van der Waals surface area contributed by atoms with Crippen molar-refractivity contribution < 1.29 is 9.18 Å². The highest BCUT2D eigenvalue weighted by Crippen LogP contribution is 2.09. The fraction of sp³-hybridized carbons (Fsp3) is 0.533. The lowest BCUT2D eigenvalue weighted by Crippen LogP contribution is -2.44. The van der Waals surface area contributed by atoms with Gasteiger partial charge in [-0.25, -0.2) is 4.39 Å². The van der Waals surface area contributed by atoms with Gasteiger partial charge < -0.3 is 10.2 Å². The monoisotopic (exact) mass is 264 g/mol. The molecular weight excluding hydrogens is 243 g/mol. The molecular formula is C15H21FN2O. The van der Waals surface area contributed by atoms with Crippen LogP contribution in [0.25, 0.3) is 0 Å². The number of halogens is 1. The van der Waals surface area contributed by atoms with Crippen LogP contribution in [0.3, 0.4) is 0 Å². The molecule has 0 bridgehead atoms. The highest BCUT2D eigenvalue weighted by Gasteiger charge is 2.22. The van der Waals surface area contributed by atoms with Crippen molar-refractivity contribution in [2.75, 3.05) is 19.6 Å². The molecule has 2 rings (SSSR count). The number of likely N-dealkylation sites (tertiary alicyclic amines) is 1. The lowest BCUT2D eigenvalue weighted by atomic mass is 10.1. The Labute approximate surface area is 113 Å². The van der Waals surface area contributed by atoms with E-state index in [2.05, 4.69) is 5.32 Å². The SMILES string of the molecule is CC(NCCc1ccc(F)cc1)C(=O)N1CCCC1. The molecule has 3 nitrogen and oxygen atoms in total. The Bertz CT molecular complexity index is 413. The van der Waals surface area contributed by atoms with Crippen molar-refractivity contribution in [3.63, 3.8) is 0 Å². The van der Waals surface area contributed by atoms with Gasteiger partial charge in [0.05, 0.1) is 6.04 Å². The number of carbonyl (C=O) groups excluding carboxylic acids is 1. The summed E-state index contributed by atoms with van der Waals surface area (Å²) in [5.41, 5.74) is 1.08. The first-order valence-electron chi connectivity index (χ1n) is 6.93. The third-order valence-electron chi connectivity index (χ3n) is 3.57. The molecule has 104 valence electrons. The van der Waals surface area contributed by atoms with E-state index in [-0.39, 0.29) is 17.8 Å². The zero-order valence-corrected chi connectivity index (χ0v) is 11.4. The van der Waals surface area contributed by atoms with Gasteiger partial charge in [-0.05, 0) is 50.4 Å². The van der Waals surface area contributed by atoms with Gasteiger partial charge in [-0.3, -0.25) is 4.79 Å². The summed E-state index contributed by atoms with van der Waals surface area (Å²) in [7, 11) is 0. The summed E-state index contributed by atoms with van der Waals surface area (Å²) in [6, 6.07) is 6.36. The fourth-order valence-corrected chi connectivity index (χ4v) is 2.38. The van der Waals surface area contributed by atoms with Gasteiger partial charge in [0.2, 0.25) is 5.91 Å². The third kappa shape index (κ3) is 4.03. The predicted octanol–water partition coefficient (Wildman–Crippen LogP) is 1.97. The van der Waals surface area contributed by atoms with Crippen molar-refractivity contribution in [3.05, 3.63) is 35.6 Å². The molecule has 1 aromatic carbocycles. The van der Waals surface area contributed by atoms with Gasteiger partial charge in [0.25, 0.3) is 0 Å². The molecule has 1 amide bonds. The fourth-order valence-electron chi connectivity index (χ4n) is 2.38. The number of amides is 1. The Morgan fingerprint density at radius 1 is 1.32 bits per heavy atom. The van der Waals surface area contributed by atoms with E-state index in [1.165, 1.54) is 12.1 Å². The van der Waals surface area contributed by atoms with Gasteiger partial charge in [0.15, 0.2) is 0 Å². The number of carbonyl (C=O) groups is 1. The van der Waals surface area contributed by atoms with Crippen LogP contribution in [0.15, 0.2) is 24.3 Å². The van der Waals surface area contributed by atoms with E-state index in [0.717, 1.165) is 44.5 Å². The zero-order valence-electron chi connectivity index (χ0n) is 11.4. The normalized spacial score (nSPS) is 16.6. The van der Waals surface area contributed by atoms with Crippen LogP contribution in [-0.4, -0.2) is 36.5 Å². The molecule has 1 unspecified atom stereocenters. The number of nitrogens with zero attached hydrogens (tertiary/aromatic N) is 1. The molecule has 1 N–H and O–H groups in total. The van der Waals surface area contributed by atoms with E-state index in [1.807, 2.05) is 11.8 Å². The van der Waals surface area contributed by atoms with E-state index in [0.29, 0.717) is 0 Å². The quantitative estimate of drug-likeness (QED) is 0.882. The van der Waals surface area contributed by atoms with Crippen LogP contribution in [0.5, 0.6) is 0 Å². The minimum Gasteiger partial charge on any atom is -0.341 e. The molecule has 1 heterocycles. The summed E-state index contributed by atoms with van der Waals surface area (Å²) in [6.45, 7) is 4.42. The maximum Gasteiger partial charge on any atom is 0.239 e. The van der Waals surface area contributed by atoms with E-state index in [9.17, 15) is 9.18 Å². The van der Waals surface area contributed by atoms with Crippen molar-refractivity contribution in [2.45, 2.75) is 32.2 Å². The zero-order chi connectivity index (χ0) is 13.7. The topological polar surface area (TPSA) is 32.3 Å². The summed E-state index contributed by atoms with van der Waals surface area (Å²) >= 11 is 0. The predicted molar refractivity (Wildman–Crippen MR) is 73.4 cm³/mol. The summed E-state index contributed by atoms with van der Waals surface area (Å²) < 4.78 is 12.7. The van der Waals surface area contributed by atoms with Gasteiger partial charge in [-0.2, -0.15) is 0 Å². The van der Waals surface area contributed by atoms with Crippen LogP contribution in [0, 0.1) is 5.82 Å². The second kappa shape index (κ2) is 6.66. The molecule has 1 aromatic rings. The van der Waals surface area contributed by atoms with Crippen LogP contribution >= 0.6 is 0 Å². The van der Waals surface area contributed by atoms with E-state index < -0.39 is 0 Å². The summed E-state index contributed by atoms with van der Waals surface area (Å²) in [6.07, 6.45) is 3.04. The molecule has 1 fully saturated rings. The van der Waals surface area contributed by atoms with E-state index in [4.69, 9.17) is 0 Å². The molecule has 0 aromatic heterocycles. The molecule has 0 radical (unpaired) electrons. The Hall–Kier alpha value is -1.42. The highest BCUT2D eigenvalue weighted by molar-refractivity contribution is 5.81. The molecule has 0 aliphatic carbocycles. The Morgan fingerprint density at radius 3 is 2.58 bits per heavy atom. The Kier molecular flexibility index (Phi) is 4.91. The lowest BCUT2D eigenvalue weighted by Gasteiger charge is -2.21. The van der Waals surface area contributed by atoms with Gasteiger partial charge in [-0.1, -0.05) is 12.1 Å². The number of hydrogen-bond acceptors (Lipinski definition) is 2. The molecule has 1 atom stereocenters. The molecule has 0 spiro atoms. The average Bonchev–Trinajstić information content (AvgIpc) is 2.94. The molecule has 1 aliphatic rings. The van der Waals surface area contributed by atoms with Crippen molar-refractivity contribution in [1.82, 2.24) is 10.2 Å². The summed E-state index contributed by atoms with van der Waals surface area (Å²) in [5.74, 6) is -0.0223. The second-order valence-electron chi connectivity index (χ2n) is 5.08. The number of benzene rings is 1. The average molecular weight is 264 g/mol. The molecule has 19 heavy (non-hydrogen) atoms. The summed E-state index contributed by atoms with van der Waals surface area (Å²) in [4.78, 5) is 14.0. The lowest BCUT2D eigenvalue weighted by molar-refractivity contribution is -0.131. The summed E-state index contributed by atoms with van der Waals surface area (Å²) in [5, 5.41) is 3.24. The molecule has 1 saturated heterocycles. The van der Waals surface area contributed by atoms with Crippen LogP contribution in [0.2, 0.25) is 0 Å². The first kappa shape index (κ1) is 14.0.